The van der Waals surface area contributed by atoms with Crippen LogP contribution >= 0.6 is 0 Å². The highest BCUT2D eigenvalue weighted by molar-refractivity contribution is 5.76. The van der Waals surface area contributed by atoms with Crippen LogP contribution in [-0.2, 0) is 23.8 Å². The fourth-order valence-corrected chi connectivity index (χ4v) is 12.1. The van der Waals surface area contributed by atoms with E-state index in [1.807, 2.05) is 6.08 Å². The van der Waals surface area contributed by atoms with Gasteiger partial charge in [-0.1, -0.05) is 347 Å². The van der Waals surface area contributed by atoms with Gasteiger partial charge in [0.1, 0.15) is 24.4 Å². The third-order valence-corrected chi connectivity index (χ3v) is 17.9. The number of aliphatic hydroxyl groups excluding tert-OH is 5. The van der Waals surface area contributed by atoms with Crippen LogP contribution in [0.5, 0.6) is 0 Å². The highest BCUT2D eigenvalue weighted by Crippen LogP contribution is 2.24. The van der Waals surface area contributed by atoms with Gasteiger partial charge in [-0.2, -0.15) is 0 Å². The molecule has 11 heteroatoms. The number of aliphatic hydroxyl groups is 5. The number of rotatable bonds is 66. The molecule has 84 heavy (non-hydrogen) atoms. The zero-order chi connectivity index (χ0) is 60.9. The molecule has 0 saturated carbocycles. The summed E-state index contributed by atoms with van der Waals surface area (Å²) in [6, 6.07) is -0.805. The summed E-state index contributed by atoms with van der Waals surface area (Å²) >= 11 is 0. The molecule has 498 valence electrons. The zero-order valence-electron chi connectivity index (χ0n) is 55.4. The summed E-state index contributed by atoms with van der Waals surface area (Å²) in [7, 11) is 0. The van der Waals surface area contributed by atoms with Crippen LogP contribution in [0, 0.1) is 0 Å². The summed E-state index contributed by atoms with van der Waals surface area (Å²) in [6.45, 7) is 4.39. The average Bonchev–Trinajstić information content (AvgIpc) is 3.69. The molecule has 0 aromatic rings. The minimum absolute atomic E-state index is 0.0142. The summed E-state index contributed by atoms with van der Waals surface area (Å²) in [5, 5.41) is 54.5. The Morgan fingerprint density at radius 3 is 1.11 bits per heavy atom. The minimum Gasteiger partial charge on any atom is -0.466 e. The Morgan fingerprint density at radius 1 is 0.429 bits per heavy atom. The van der Waals surface area contributed by atoms with Gasteiger partial charge in [-0.3, -0.25) is 9.59 Å². The number of allylic oxidation sites excluding steroid dienone is 1. The van der Waals surface area contributed by atoms with Crippen LogP contribution < -0.4 is 5.32 Å². The van der Waals surface area contributed by atoms with Crippen molar-refractivity contribution in [3.05, 3.63) is 12.2 Å². The second-order valence-electron chi connectivity index (χ2n) is 26.0. The minimum atomic E-state index is -1.57. The number of amides is 1. The van der Waals surface area contributed by atoms with E-state index in [-0.39, 0.29) is 18.5 Å². The summed E-state index contributed by atoms with van der Waals surface area (Å²) in [5.41, 5.74) is 0. The lowest BCUT2D eigenvalue weighted by molar-refractivity contribution is -0.302. The molecule has 11 nitrogen and oxygen atoms in total. The fraction of sp³-hybridized carbons (Fsp3) is 0.945. The van der Waals surface area contributed by atoms with E-state index in [1.165, 1.54) is 302 Å². The van der Waals surface area contributed by atoms with Crippen LogP contribution in [-0.4, -0.2) is 100 Å². The van der Waals surface area contributed by atoms with E-state index in [2.05, 4.69) is 19.2 Å². The van der Waals surface area contributed by atoms with E-state index in [0.29, 0.717) is 19.4 Å². The molecule has 7 unspecified atom stereocenters. The molecule has 1 aliphatic rings. The number of carbonyl (C=O) groups excluding carboxylic acids is 2. The summed E-state index contributed by atoms with van der Waals surface area (Å²) in [4.78, 5) is 25.1. The Bertz CT molecular complexity index is 1400. The lowest BCUT2D eigenvalue weighted by Crippen LogP contribution is -2.60. The average molecular weight is 1190 g/mol. The van der Waals surface area contributed by atoms with Crippen molar-refractivity contribution in [3.63, 3.8) is 0 Å². The molecule has 1 rings (SSSR count). The van der Waals surface area contributed by atoms with Crippen molar-refractivity contribution < 1.29 is 49.3 Å². The second-order valence-corrected chi connectivity index (χ2v) is 26.0. The lowest BCUT2D eigenvalue weighted by atomic mass is 9.99. The van der Waals surface area contributed by atoms with Gasteiger partial charge in [0.2, 0.25) is 5.91 Å². The second kappa shape index (κ2) is 63.0. The summed E-state index contributed by atoms with van der Waals surface area (Å²) in [5.74, 6) is -0.160. The third-order valence-electron chi connectivity index (χ3n) is 17.9. The van der Waals surface area contributed by atoms with Gasteiger partial charge in [0.15, 0.2) is 6.29 Å². The molecule has 1 heterocycles. The van der Waals surface area contributed by atoms with Crippen molar-refractivity contribution in [2.24, 2.45) is 0 Å². The Morgan fingerprint density at radius 2 is 0.750 bits per heavy atom. The van der Waals surface area contributed by atoms with Crippen LogP contribution in [0.3, 0.4) is 0 Å². The Kier molecular flexibility index (Phi) is 60.3. The zero-order valence-corrected chi connectivity index (χ0v) is 55.4. The van der Waals surface area contributed by atoms with Crippen molar-refractivity contribution in [3.8, 4) is 0 Å². The summed E-state index contributed by atoms with van der Waals surface area (Å²) in [6.07, 6.45) is 67.9. The predicted octanol–water partition coefficient (Wildman–Crippen LogP) is 19.0. The van der Waals surface area contributed by atoms with Gasteiger partial charge >= 0.3 is 5.97 Å². The van der Waals surface area contributed by atoms with Crippen molar-refractivity contribution in [1.29, 1.82) is 0 Å². The van der Waals surface area contributed by atoms with E-state index in [4.69, 9.17) is 14.2 Å². The van der Waals surface area contributed by atoms with E-state index in [9.17, 15) is 35.1 Å². The molecule has 0 spiro atoms. The smallest absolute Gasteiger partial charge is 0.305 e. The van der Waals surface area contributed by atoms with Gasteiger partial charge < -0.3 is 45.1 Å². The number of nitrogens with one attached hydrogen (secondary N) is 1. The Hall–Kier alpha value is -1.60. The molecular weight excluding hydrogens is 1050 g/mol. The van der Waals surface area contributed by atoms with Gasteiger partial charge in [0.05, 0.1) is 32.0 Å². The van der Waals surface area contributed by atoms with E-state index in [1.54, 1.807) is 6.08 Å². The molecule has 0 aliphatic carbocycles. The summed E-state index contributed by atoms with van der Waals surface area (Å²) < 4.78 is 16.8. The molecule has 0 radical (unpaired) electrons. The topological polar surface area (TPSA) is 175 Å². The molecule has 1 amide bonds. The van der Waals surface area contributed by atoms with Gasteiger partial charge in [0, 0.05) is 12.8 Å². The van der Waals surface area contributed by atoms with Crippen LogP contribution in [0.25, 0.3) is 0 Å². The highest BCUT2D eigenvalue weighted by Gasteiger charge is 2.44. The van der Waals surface area contributed by atoms with Crippen molar-refractivity contribution in [1.82, 2.24) is 5.32 Å². The van der Waals surface area contributed by atoms with Crippen LogP contribution in [0.2, 0.25) is 0 Å². The van der Waals surface area contributed by atoms with Crippen molar-refractivity contribution in [2.45, 2.75) is 423 Å². The predicted molar refractivity (Wildman–Crippen MR) is 352 cm³/mol. The largest absolute Gasteiger partial charge is 0.466 e. The van der Waals surface area contributed by atoms with E-state index in [0.717, 1.165) is 51.4 Å². The SMILES string of the molecule is CCCCCCCCCCCCC/C=C/C(O)C(COC1OC(CO)C(O)C(O)C1O)NC(=O)CCCCCCCCCCCCCCCCCCCCCCCCCCCCCCCCCCOC(=O)CCCCCCCCCCCCC. The van der Waals surface area contributed by atoms with Crippen molar-refractivity contribution >= 4 is 11.9 Å². The first-order valence-electron chi connectivity index (χ1n) is 37.0. The maximum absolute atomic E-state index is 13.1. The Labute approximate surface area is 519 Å². The molecule has 7 atom stereocenters. The van der Waals surface area contributed by atoms with Crippen LogP contribution in [0.15, 0.2) is 12.2 Å². The first kappa shape index (κ1) is 80.4. The number of hydrogen-bond acceptors (Lipinski definition) is 10. The van der Waals surface area contributed by atoms with Crippen LogP contribution in [0.4, 0.5) is 0 Å². The molecule has 0 aromatic carbocycles. The molecule has 1 aliphatic heterocycles. The molecular formula is C73H141NO10. The molecule has 6 N–H and O–H groups in total. The maximum atomic E-state index is 13.1. The van der Waals surface area contributed by atoms with E-state index >= 15 is 0 Å². The first-order chi connectivity index (χ1) is 41.2. The van der Waals surface area contributed by atoms with Crippen LogP contribution in [0.1, 0.15) is 380 Å². The number of esters is 1. The van der Waals surface area contributed by atoms with Gasteiger partial charge in [-0.05, 0) is 32.1 Å². The normalized spacial score (nSPS) is 18.0. The van der Waals surface area contributed by atoms with Gasteiger partial charge in [-0.15, -0.1) is 0 Å². The molecule has 1 fully saturated rings. The Balaban J connectivity index is 1.93. The molecule has 0 aromatic heterocycles. The monoisotopic (exact) mass is 1190 g/mol. The molecule has 1 saturated heterocycles. The van der Waals surface area contributed by atoms with E-state index < -0.39 is 49.5 Å². The van der Waals surface area contributed by atoms with Gasteiger partial charge in [0.25, 0.3) is 0 Å². The maximum Gasteiger partial charge on any atom is 0.305 e. The fourth-order valence-electron chi connectivity index (χ4n) is 12.1. The lowest BCUT2D eigenvalue weighted by Gasteiger charge is -2.40. The first-order valence-corrected chi connectivity index (χ1v) is 37.0. The molecule has 0 bridgehead atoms. The van der Waals surface area contributed by atoms with Gasteiger partial charge in [-0.25, -0.2) is 0 Å². The third kappa shape index (κ3) is 51.3. The standard InChI is InChI=1S/C73H141NO10/c1-3-5-7-9-11-13-15-36-40-43-47-51-55-59-66(76)65(64-83-73-72(81)71(80)70(79)67(63-75)84-73)74-68(77)60-56-52-48-44-41-37-34-32-30-28-26-24-22-20-18-16-17-19-21-23-25-27-29-31-33-35-38-42-46-50-54-58-62-82-69(78)61-57-53-49-45-39-14-12-10-8-6-4-2/h55,59,65-67,70-73,75-76,79-81H,3-54,56-58,60-64H2,1-2H3,(H,74,77)/b59-55+. The number of unbranched alkanes of at least 4 members (excludes halogenated alkanes) is 52. The number of hydrogen-bond donors (Lipinski definition) is 6. The highest BCUT2D eigenvalue weighted by atomic mass is 16.7. The van der Waals surface area contributed by atoms with Crippen molar-refractivity contribution in [2.75, 3.05) is 19.8 Å². The number of ether oxygens (including phenoxy) is 3. The number of carbonyl (C=O) groups is 2. The quantitative estimate of drug-likeness (QED) is 0.0195.